The summed E-state index contributed by atoms with van der Waals surface area (Å²) in [4.78, 5) is 0. The van der Waals surface area contributed by atoms with Crippen LogP contribution < -0.4 is 5.73 Å². The Morgan fingerprint density at radius 3 is 2.43 bits per heavy atom. The van der Waals surface area contributed by atoms with Crippen molar-refractivity contribution in [3.8, 4) is 0 Å². The standard InChI is InChI=1S/C19H24N2/c1-4-13(3)19(20)14-10-11-18-16(12-14)15-8-6-7-9-17(15)21(18)5-2/h6-13,19H,4-5,20H2,1-3H3/t13?,19-/m1/s1. The van der Waals surface area contributed by atoms with Gasteiger partial charge in [-0.15, -0.1) is 0 Å². The van der Waals surface area contributed by atoms with Crippen molar-refractivity contribution in [1.82, 2.24) is 4.57 Å². The number of aryl methyl sites for hydroxylation is 1. The van der Waals surface area contributed by atoms with E-state index in [0.29, 0.717) is 5.92 Å². The van der Waals surface area contributed by atoms with Gasteiger partial charge in [-0.1, -0.05) is 44.5 Å². The molecule has 2 nitrogen and oxygen atoms in total. The Kier molecular flexibility index (Phi) is 3.73. The number of nitrogens with zero attached hydrogens (tertiary/aromatic N) is 1. The summed E-state index contributed by atoms with van der Waals surface area (Å²) >= 11 is 0. The van der Waals surface area contributed by atoms with Crippen LogP contribution in [0.15, 0.2) is 42.5 Å². The quantitative estimate of drug-likeness (QED) is 0.727. The van der Waals surface area contributed by atoms with Crippen LogP contribution in [0, 0.1) is 5.92 Å². The summed E-state index contributed by atoms with van der Waals surface area (Å²) in [6.07, 6.45) is 1.11. The van der Waals surface area contributed by atoms with Crippen molar-refractivity contribution in [1.29, 1.82) is 0 Å². The molecule has 0 saturated carbocycles. The van der Waals surface area contributed by atoms with Crippen molar-refractivity contribution in [2.45, 2.75) is 39.8 Å². The Labute approximate surface area is 126 Å². The number of para-hydroxylation sites is 1. The highest BCUT2D eigenvalue weighted by atomic mass is 15.0. The Hall–Kier alpha value is -1.80. The van der Waals surface area contributed by atoms with E-state index in [-0.39, 0.29) is 6.04 Å². The summed E-state index contributed by atoms with van der Waals surface area (Å²) in [6.45, 7) is 7.61. The third-order valence-corrected chi connectivity index (χ3v) is 4.75. The summed E-state index contributed by atoms with van der Waals surface area (Å²) < 4.78 is 2.38. The Bertz CT molecular complexity index is 770. The maximum absolute atomic E-state index is 6.42. The second-order valence-corrected chi connectivity index (χ2v) is 5.95. The molecule has 0 fully saturated rings. The lowest BCUT2D eigenvalue weighted by Gasteiger charge is -2.19. The van der Waals surface area contributed by atoms with Gasteiger partial charge in [0.25, 0.3) is 0 Å². The molecule has 0 aliphatic carbocycles. The molecule has 2 N–H and O–H groups in total. The third kappa shape index (κ3) is 2.24. The van der Waals surface area contributed by atoms with Crippen LogP contribution in [0.25, 0.3) is 21.8 Å². The van der Waals surface area contributed by atoms with E-state index in [1.54, 1.807) is 0 Å². The van der Waals surface area contributed by atoms with E-state index in [9.17, 15) is 0 Å². The number of hydrogen-bond donors (Lipinski definition) is 1. The Balaban J connectivity index is 2.24. The first-order valence-corrected chi connectivity index (χ1v) is 7.93. The molecule has 0 spiro atoms. The van der Waals surface area contributed by atoms with E-state index in [1.807, 2.05) is 0 Å². The molecule has 110 valence electrons. The molecule has 21 heavy (non-hydrogen) atoms. The third-order valence-electron chi connectivity index (χ3n) is 4.75. The van der Waals surface area contributed by atoms with Gasteiger partial charge in [0.15, 0.2) is 0 Å². The predicted octanol–water partition coefficient (Wildman–Crippen LogP) is 4.86. The Morgan fingerprint density at radius 1 is 1.00 bits per heavy atom. The lowest BCUT2D eigenvalue weighted by Crippen LogP contribution is -2.18. The smallest absolute Gasteiger partial charge is 0.0491 e. The average Bonchev–Trinajstić information content (AvgIpc) is 2.86. The largest absolute Gasteiger partial charge is 0.341 e. The van der Waals surface area contributed by atoms with Gasteiger partial charge in [-0.05, 0) is 36.6 Å². The Morgan fingerprint density at radius 2 is 1.71 bits per heavy atom. The molecule has 1 heterocycles. The zero-order valence-electron chi connectivity index (χ0n) is 13.1. The summed E-state index contributed by atoms with van der Waals surface area (Å²) in [5, 5.41) is 2.65. The average molecular weight is 280 g/mol. The summed E-state index contributed by atoms with van der Waals surface area (Å²) in [5.41, 5.74) is 10.3. The summed E-state index contributed by atoms with van der Waals surface area (Å²) in [7, 11) is 0. The molecule has 0 aliphatic rings. The number of rotatable bonds is 4. The predicted molar refractivity (Wildman–Crippen MR) is 91.5 cm³/mol. The summed E-state index contributed by atoms with van der Waals surface area (Å²) in [5.74, 6) is 0.502. The highest BCUT2D eigenvalue weighted by Crippen LogP contribution is 2.32. The summed E-state index contributed by atoms with van der Waals surface area (Å²) in [6, 6.07) is 15.5. The molecule has 0 bridgehead atoms. The molecule has 0 radical (unpaired) electrons. The van der Waals surface area contributed by atoms with Gasteiger partial charge in [0.05, 0.1) is 0 Å². The zero-order valence-corrected chi connectivity index (χ0v) is 13.1. The molecule has 1 aromatic heterocycles. The highest BCUT2D eigenvalue weighted by Gasteiger charge is 2.15. The van der Waals surface area contributed by atoms with Gasteiger partial charge in [-0.3, -0.25) is 0 Å². The lowest BCUT2D eigenvalue weighted by atomic mass is 9.92. The first-order valence-electron chi connectivity index (χ1n) is 7.93. The number of fused-ring (bicyclic) bond motifs is 3. The number of aromatic nitrogens is 1. The van der Waals surface area contributed by atoms with E-state index >= 15 is 0 Å². The fraction of sp³-hybridized carbons (Fsp3) is 0.368. The van der Waals surface area contributed by atoms with Crippen LogP contribution >= 0.6 is 0 Å². The highest BCUT2D eigenvalue weighted by molar-refractivity contribution is 6.08. The molecule has 3 rings (SSSR count). The van der Waals surface area contributed by atoms with Gasteiger partial charge < -0.3 is 10.3 Å². The van der Waals surface area contributed by atoms with Crippen molar-refractivity contribution in [2.24, 2.45) is 11.7 Å². The van der Waals surface area contributed by atoms with Crippen LogP contribution in [0.3, 0.4) is 0 Å². The number of benzene rings is 2. The monoisotopic (exact) mass is 280 g/mol. The van der Waals surface area contributed by atoms with Gasteiger partial charge in [0.1, 0.15) is 0 Å². The molecular formula is C19H24N2. The van der Waals surface area contributed by atoms with Crippen molar-refractivity contribution >= 4 is 21.8 Å². The van der Waals surface area contributed by atoms with Crippen molar-refractivity contribution in [3.63, 3.8) is 0 Å². The SMILES string of the molecule is CCC(C)[C@@H](N)c1ccc2c(c1)c1ccccc1n2CC. The van der Waals surface area contributed by atoms with Gasteiger partial charge in [-0.2, -0.15) is 0 Å². The first-order chi connectivity index (χ1) is 10.2. The van der Waals surface area contributed by atoms with Crippen LogP contribution in [-0.4, -0.2) is 4.57 Å². The molecule has 2 aromatic carbocycles. The minimum atomic E-state index is 0.114. The van der Waals surface area contributed by atoms with Gasteiger partial charge in [-0.25, -0.2) is 0 Å². The van der Waals surface area contributed by atoms with E-state index in [2.05, 4.69) is 67.8 Å². The molecule has 3 aromatic rings. The lowest BCUT2D eigenvalue weighted by molar-refractivity contribution is 0.457. The molecule has 2 heteroatoms. The molecule has 0 saturated heterocycles. The minimum absolute atomic E-state index is 0.114. The van der Waals surface area contributed by atoms with Crippen LogP contribution in [0.2, 0.25) is 0 Å². The van der Waals surface area contributed by atoms with Crippen LogP contribution in [0.4, 0.5) is 0 Å². The first kappa shape index (κ1) is 14.2. The van der Waals surface area contributed by atoms with E-state index in [4.69, 9.17) is 5.73 Å². The maximum Gasteiger partial charge on any atom is 0.0491 e. The molecule has 1 unspecified atom stereocenters. The zero-order chi connectivity index (χ0) is 15.0. The van der Waals surface area contributed by atoms with Crippen LogP contribution in [0.1, 0.15) is 38.8 Å². The van der Waals surface area contributed by atoms with E-state index in [1.165, 1.54) is 27.4 Å². The van der Waals surface area contributed by atoms with E-state index < -0.39 is 0 Å². The van der Waals surface area contributed by atoms with Crippen molar-refractivity contribution in [2.75, 3.05) is 0 Å². The maximum atomic E-state index is 6.42. The van der Waals surface area contributed by atoms with Crippen molar-refractivity contribution < 1.29 is 0 Å². The van der Waals surface area contributed by atoms with Crippen LogP contribution in [0.5, 0.6) is 0 Å². The van der Waals surface area contributed by atoms with Gasteiger partial charge in [0.2, 0.25) is 0 Å². The molecular weight excluding hydrogens is 256 g/mol. The second kappa shape index (κ2) is 5.53. The molecule has 0 aliphatic heterocycles. The fourth-order valence-electron chi connectivity index (χ4n) is 3.20. The second-order valence-electron chi connectivity index (χ2n) is 5.95. The number of nitrogens with two attached hydrogens (primary N) is 1. The molecule has 0 amide bonds. The normalized spacial score (nSPS) is 14.7. The fourth-order valence-corrected chi connectivity index (χ4v) is 3.20. The molecule has 2 atom stereocenters. The minimum Gasteiger partial charge on any atom is -0.341 e. The topological polar surface area (TPSA) is 30.9 Å². The number of hydrogen-bond acceptors (Lipinski definition) is 1. The van der Waals surface area contributed by atoms with Crippen LogP contribution in [-0.2, 0) is 6.54 Å². The van der Waals surface area contributed by atoms with Gasteiger partial charge in [0, 0.05) is 34.4 Å². The van der Waals surface area contributed by atoms with E-state index in [0.717, 1.165) is 13.0 Å². The van der Waals surface area contributed by atoms with Crippen molar-refractivity contribution in [3.05, 3.63) is 48.0 Å². The van der Waals surface area contributed by atoms with Gasteiger partial charge >= 0.3 is 0 Å².